The molecule has 2 rings (SSSR count). The Labute approximate surface area is 122 Å². The maximum absolute atomic E-state index is 12.3. The number of methoxy groups -OCH3 is 1. The number of carbonyl (C=O) groups is 1. The SMILES string of the molecule is COc1cncc(-c2cccc(OC(F)(F)F)c2)c1C(=O)O. The zero-order valence-corrected chi connectivity index (χ0v) is 11.2. The number of hydrogen-bond donors (Lipinski definition) is 1. The van der Waals surface area contributed by atoms with E-state index in [4.69, 9.17) is 4.74 Å². The van der Waals surface area contributed by atoms with Gasteiger partial charge < -0.3 is 14.6 Å². The smallest absolute Gasteiger partial charge is 0.494 e. The lowest BCUT2D eigenvalue weighted by molar-refractivity contribution is -0.274. The molecular formula is C14H10F3NO4. The third-order valence-electron chi connectivity index (χ3n) is 2.72. The van der Waals surface area contributed by atoms with Crippen molar-refractivity contribution in [3.63, 3.8) is 0 Å². The van der Waals surface area contributed by atoms with E-state index in [-0.39, 0.29) is 22.4 Å². The normalized spacial score (nSPS) is 11.1. The Morgan fingerprint density at radius 2 is 2.00 bits per heavy atom. The first-order valence-electron chi connectivity index (χ1n) is 5.93. The van der Waals surface area contributed by atoms with Gasteiger partial charge in [-0.25, -0.2) is 4.79 Å². The third-order valence-corrected chi connectivity index (χ3v) is 2.72. The van der Waals surface area contributed by atoms with Crippen molar-refractivity contribution in [1.82, 2.24) is 4.98 Å². The molecule has 0 aliphatic rings. The number of aromatic nitrogens is 1. The lowest BCUT2D eigenvalue weighted by Gasteiger charge is -2.12. The van der Waals surface area contributed by atoms with E-state index in [9.17, 15) is 23.1 Å². The number of aromatic carboxylic acids is 1. The van der Waals surface area contributed by atoms with Crippen molar-refractivity contribution >= 4 is 5.97 Å². The van der Waals surface area contributed by atoms with Crippen molar-refractivity contribution in [3.05, 3.63) is 42.2 Å². The van der Waals surface area contributed by atoms with Gasteiger partial charge in [0.15, 0.2) is 5.75 Å². The maximum Gasteiger partial charge on any atom is 0.573 e. The van der Waals surface area contributed by atoms with Crippen LogP contribution in [-0.2, 0) is 0 Å². The topological polar surface area (TPSA) is 68.7 Å². The number of hydrogen-bond acceptors (Lipinski definition) is 4. The summed E-state index contributed by atoms with van der Waals surface area (Å²) in [6, 6.07) is 4.97. The molecule has 1 heterocycles. The van der Waals surface area contributed by atoms with Crippen LogP contribution in [0.5, 0.6) is 11.5 Å². The highest BCUT2D eigenvalue weighted by atomic mass is 19.4. The van der Waals surface area contributed by atoms with Gasteiger partial charge >= 0.3 is 12.3 Å². The molecule has 0 radical (unpaired) electrons. The molecule has 1 aromatic heterocycles. The van der Waals surface area contributed by atoms with E-state index >= 15 is 0 Å². The van der Waals surface area contributed by atoms with Crippen molar-refractivity contribution in [2.24, 2.45) is 0 Å². The van der Waals surface area contributed by atoms with E-state index in [1.165, 1.54) is 31.6 Å². The second-order valence-electron chi connectivity index (χ2n) is 4.15. The predicted molar refractivity (Wildman–Crippen MR) is 69.9 cm³/mol. The summed E-state index contributed by atoms with van der Waals surface area (Å²) in [6.45, 7) is 0. The summed E-state index contributed by atoms with van der Waals surface area (Å²) in [5.41, 5.74) is 0.145. The highest BCUT2D eigenvalue weighted by molar-refractivity contribution is 5.98. The summed E-state index contributed by atoms with van der Waals surface area (Å²) < 4.78 is 45.5. The van der Waals surface area contributed by atoms with Crippen molar-refractivity contribution in [1.29, 1.82) is 0 Å². The van der Waals surface area contributed by atoms with Crippen molar-refractivity contribution < 1.29 is 32.5 Å². The van der Waals surface area contributed by atoms with E-state index in [1.54, 1.807) is 0 Å². The lowest BCUT2D eigenvalue weighted by Crippen LogP contribution is -2.17. The van der Waals surface area contributed by atoms with Crippen molar-refractivity contribution in [3.8, 4) is 22.6 Å². The van der Waals surface area contributed by atoms with Gasteiger partial charge in [0.25, 0.3) is 0 Å². The molecule has 0 fully saturated rings. The Hall–Kier alpha value is -2.77. The fourth-order valence-electron chi connectivity index (χ4n) is 1.90. The van der Waals surface area contributed by atoms with Gasteiger partial charge in [-0.1, -0.05) is 12.1 Å². The number of halogens is 3. The molecule has 0 atom stereocenters. The minimum Gasteiger partial charge on any atom is -0.494 e. The average molecular weight is 313 g/mol. The zero-order valence-electron chi connectivity index (χ0n) is 11.2. The van der Waals surface area contributed by atoms with Crippen LogP contribution in [0, 0.1) is 0 Å². The van der Waals surface area contributed by atoms with Crippen LogP contribution in [0.25, 0.3) is 11.1 Å². The van der Waals surface area contributed by atoms with Crippen molar-refractivity contribution in [2.45, 2.75) is 6.36 Å². The molecule has 0 amide bonds. The average Bonchev–Trinajstić information content (AvgIpc) is 2.44. The molecule has 1 aromatic carbocycles. The van der Waals surface area contributed by atoms with Gasteiger partial charge in [0.2, 0.25) is 0 Å². The number of alkyl halides is 3. The standard InChI is InChI=1S/C14H10F3NO4/c1-21-11-7-18-6-10(12(11)13(19)20)8-3-2-4-9(5-8)22-14(15,16)17/h2-7H,1H3,(H,19,20). The quantitative estimate of drug-likeness (QED) is 0.937. The number of carboxylic acid groups (broad SMARTS) is 1. The van der Waals surface area contributed by atoms with E-state index < -0.39 is 18.1 Å². The number of benzene rings is 1. The van der Waals surface area contributed by atoms with Crippen LogP contribution in [0.2, 0.25) is 0 Å². The Morgan fingerprint density at radius 3 is 2.59 bits per heavy atom. The molecular weight excluding hydrogens is 303 g/mol. The molecule has 22 heavy (non-hydrogen) atoms. The molecule has 0 saturated heterocycles. The first-order chi connectivity index (χ1) is 10.3. The zero-order chi connectivity index (χ0) is 16.3. The monoisotopic (exact) mass is 313 g/mol. The number of pyridine rings is 1. The largest absolute Gasteiger partial charge is 0.573 e. The summed E-state index contributed by atoms with van der Waals surface area (Å²) in [7, 11) is 1.27. The van der Waals surface area contributed by atoms with Crippen LogP contribution in [0.4, 0.5) is 13.2 Å². The van der Waals surface area contributed by atoms with Crippen LogP contribution in [0.15, 0.2) is 36.7 Å². The summed E-state index contributed by atoms with van der Waals surface area (Å²) in [5, 5.41) is 9.28. The van der Waals surface area contributed by atoms with Gasteiger partial charge in [0, 0.05) is 11.8 Å². The summed E-state index contributed by atoms with van der Waals surface area (Å²) in [6.07, 6.45) is -2.39. The molecule has 8 heteroatoms. The number of ether oxygens (including phenoxy) is 2. The van der Waals surface area contributed by atoms with Gasteiger partial charge in [0.05, 0.1) is 13.3 Å². The van der Waals surface area contributed by atoms with Crippen LogP contribution >= 0.6 is 0 Å². The van der Waals surface area contributed by atoms with Crippen LogP contribution < -0.4 is 9.47 Å². The molecule has 0 spiro atoms. The fourth-order valence-corrected chi connectivity index (χ4v) is 1.90. The Balaban J connectivity index is 2.53. The van der Waals surface area contributed by atoms with E-state index in [0.717, 1.165) is 12.1 Å². The van der Waals surface area contributed by atoms with Gasteiger partial charge in [0.1, 0.15) is 11.3 Å². The molecule has 5 nitrogen and oxygen atoms in total. The fraction of sp³-hybridized carbons (Fsp3) is 0.143. The minimum atomic E-state index is -4.83. The molecule has 0 unspecified atom stereocenters. The second kappa shape index (κ2) is 5.92. The van der Waals surface area contributed by atoms with Crippen LogP contribution in [0.3, 0.4) is 0 Å². The maximum atomic E-state index is 12.3. The molecule has 116 valence electrons. The first-order valence-corrected chi connectivity index (χ1v) is 5.93. The Bertz CT molecular complexity index is 701. The highest BCUT2D eigenvalue weighted by Crippen LogP contribution is 2.32. The van der Waals surface area contributed by atoms with Crippen molar-refractivity contribution in [2.75, 3.05) is 7.11 Å². The first kappa shape index (κ1) is 15.6. The number of rotatable bonds is 4. The van der Waals surface area contributed by atoms with Gasteiger partial charge in [-0.05, 0) is 17.7 Å². The third kappa shape index (κ3) is 3.46. The lowest BCUT2D eigenvalue weighted by atomic mass is 10.0. The van der Waals surface area contributed by atoms with E-state index in [2.05, 4.69) is 9.72 Å². The summed E-state index contributed by atoms with van der Waals surface area (Å²) in [4.78, 5) is 15.2. The molecule has 0 saturated carbocycles. The minimum absolute atomic E-state index is 0.00661. The van der Waals surface area contributed by atoms with Crippen LogP contribution in [0.1, 0.15) is 10.4 Å². The predicted octanol–water partition coefficient (Wildman–Crippen LogP) is 3.35. The summed E-state index contributed by atoms with van der Waals surface area (Å²) in [5.74, 6) is -1.73. The molecule has 0 bridgehead atoms. The van der Waals surface area contributed by atoms with Gasteiger partial charge in [-0.2, -0.15) is 0 Å². The second-order valence-corrected chi connectivity index (χ2v) is 4.15. The number of carboxylic acids is 1. The summed E-state index contributed by atoms with van der Waals surface area (Å²) >= 11 is 0. The van der Waals surface area contributed by atoms with Gasteiger partial charge in [-0.15, -0.1) is 13.2 Å². The van der Waals surface area contributed by atoms with Crippen LogP contribution in [-0.4, -0.2) is 29.5 Å². The van der Waals surface area contributed by atoms with E-state index in [0.29, 0.717) is 0 Å². The molecule has 1 N–H and O–H groups in total. The van der Waals surface area contributed by atoms with Gasteiger partial charge in [-0.3, -0.25) is 4.98 Å². The molecule has 0 aliphatic heterocycles. The Morgan fingerprint density at radius 1 is 1.27 bits per heavy atom. The number of nitrogens with zero attached hydrogens (tertiary/aromatic N) is 1. The Kier molecular flexibility index (Phi) is 4.20. The molecule has 2 aromatic rings. The molecule has 0 aliphatic carbocycles. The van der Waals surface area contributed by atoms with E-state index in [1.807, 2.05) is 0 Å². The highest BCUT2D eigenvalue weighted by Gasteiger charge is 2.31.